The van der Waals surface area contributed by atoms with Gasteiger partial charge < -0.3 is 14.2 Å². The molecule has 6 nitrogen and oxygen atoms in total. The minimum Gasteiger partial charge on any atom is -0.462 e. The molecule has 0 aliphatic rings. The van der Waals surface area contributed by atoms with Gasteiger partial charge in [0.15, 0.2) is 6.10 Å². The van der Waals surface area contributed by atoms with Crippen LogP contribution in [-0.2, 0) is 28.6 Å². The van der Waals surface area contributed by atoms with Crippen molar-refractivity contribution >= 4 is 17.9 Å². The largest absolute Gasteiger partial charge is 0.462 e. The van der Waals surface area contributed by atoms with Crippen LogP contribution in [0.3, 0.4) is 0 Å². The van der Waals surface area contributed by atoms with E-state index in [2.05, 4.69) is 203 Å². The molecule has 0 rings (SSSR count). The molecule has 416 valence electrons. The molecule has 0 amide bonds. The third-order valence-corrected chi connectivity index (χ3v) is 11.4. The summed E-state index contributed by atoms with van der Waals surface area (Å²) in [6, 6.07) is 0. The molecule has 0 spiro atoms. The highest BCUT2D eigenvalue weighted by Crippen LogP contribution is 2.11. The third kappa shape index (κ3) is 59.3. The van der Waals surface area contributed by atoms with Gasteiger partial charge in [0.25, 0.3) is 0 Å². The summed E-state index contributed by atoms with van der Waals surface area (Å²) >= 11 is 0. The molecule has 0 heterocycles. The number of ether oxygens (including phenoxy) is 3. The predicted octanol–water partition coefficient (Wildman–Crippen LogP) is 20.1. The van der Waals surface area contributed by atoms with E-state index in [4.69, 9.17) is 14.2 Å². The average Bonchev–Trinajstić information content (AvgIpc) is 3.41. The van der Waals surface area contributed by atoms with Crippen molar-refractivity contribution in [3.63, 3.8) is 0 Å². The number of carbonyl (C=O) groups is 3. The Morgan fingerprint density at radius 1 is 0.267 bits per heavy atom. The molecule has 0 saturated heterocycles. The summed E-state index contributed by atoms with van der Waals surface area (Å²) < 4.78 is 16.8. The van der Waals surface area contributed by atoms with Gasteiger partial charge in [-0.1, -0.05) is 222 Å². The van der Waals surface area contributed by atoms with Crippen LogP contribution in [0.1, 0.15) is 213 Å². The highest BCUT2D eigenvalue weighted by Gasteiger charge is 2.19. The molecular formula is C69H104O6. The molecule has 0 aromatic heterocycles. The molecule has 0 radical (unpaired) electrons. The smallest absolute Gasteiger partial charge is 0.306 e. The van der Waals surface area contributed by atoms with E-state index >= 15 is 0 Å². The van der Waals surface area contributed by atoms with Crippen molar-refractivity contribution in [2.45, 2.75) is 219 Å². The van der Waals surface area contributed by atoms with Crippen molar-refractivity contribution in [3.05, 3.63) is 182 Å². The zero-order chi connectivity index (χ0) is 54.3. The second kappa shape index (κ2) is 61.1. The fourth-order valence-electron chi connectivity index (χ4n) is 7.11. The van der Waals surface area contributed by atoms with Gasteiger partial charge in [0.05, 0.1) is 0 Å². The zero-order valence-electron chi connectivity index (χ0n) is 47.5. The first-order valence-electron chi connectivity index (χ1n) is 29.3. The van der Waals surface area contributed by atoms with Crippen molar-refractivity contribution in [3.8, 4) is 0 Å². The first-order valence-corrected chi connectivity index (χ1v) is 29.3. The van der Waals surface area contributed by atoms with E-state index in [-0.39, 0.29) is 44.0 Å². The van der Waals surface area contributed by atoms with Gasteiger partial charge in [-0.3, -0.25) is 14.4 Å². The second-order valence-corrected chi connectivity index (χ2v) is 18.4. The summed E-state index contributed by atoms with van der Waals surface area (Å²) in [4.78, 5) is 38.2. The van der Waals surface area contributed by atoms with E-state index in [1.807, 2.05) is 0 Å². The molecule has 0 aliphatic carbocycles. The molecule has 0 aromatic rings. The lowest BCUT2D eigenvalue weighted by Gasteiger charge is -2.18. The minimum atomic E-state index is -0.836. The lowest BCUT2D eigenvalue weighted by atomic mass is 10.1. The van der Waals surface area contributed by atoms with Crippen molar-refractivity contribution in [1.29, 1.82) is 0 Å². The standard InChI is InChI=1S/C69H104O6/c1-4-7-10-13-16-19-22-25-28-31-33-34-36-38-41-44-47-50-53-56-59-62-68(71)74-65-66(64-73-67(70)61-58-55-52-49-46-43-40-37-30-27-24-21-18-15-12-9-6-3)75-69(72)63-60-57-54-51-48-45-42-39-35-32-29-26-23-20-17-14-11-8-5-2/h7-12,16-21,25-30,33-35,38-41,43,45,47-48,50,66H,4-6,13-15,22-24,31-32,36-37,42,44,46,49,51-65H2,1-3H3/b10-7-,11-8-,12-9-,19-16-,20-17-,21-18-,28-25-,29-26-,30-27-,34-33-,39-35-,41-38-,43-40-,48-45-,50-47-. The molecular weight excluding hydrogens is 925 g/mol. The summed E-state index contributed by atoms with van der Waals surface area (Å²) in [7, 11) is 0. The van der Waals surface area contributed by atoms with Gasteiger partial charge in [0.1, 0.15) is 13.2 Å². The number of hydrogen-bond acceptors (Lipinski definition) is 6. The number of carbonyl (C=O) groups excluding carboxylic acids is 3. The van der Waals surface area contributed by atoms with Crippen LogP contribution in [0.4, 0.5) is 0 Å². The molecule has 75 heavy (non-hydrogen) atoms. The van der Waals surface area contributed by atoms with Crippen LogP contribution < -0.4 is 0 Å². The number of rotatable bonds is 50. The van der Waals surface area contributed by atoms with Crippen LogP contribution in [-0.4, -0.2) is 37.2 Å². The van der Waals surface area contributed by atoms with Gasteiger partial charge >= 0.3 is 17.9 Å². The summed E-state index contributed by atoms with van der Waals surface area (Å²) in [5.74, 6) is -1.04. The Balaban J connectivity index is 4.62. The molecule has 0 fully saturated rings. The Kier molecular flexibility index (Phi) is 56.6. The molecule has 1 unspecified atom stereocenters. The fourth-order valence-corrected chi connectivity index (χ4v) is 7.11. The Morgan fingerprint density at radius 2 is 0.480 bits per heavy atom. The molecule has 6 heteroatoms. The van der Waals surface area contributed by atoms with Crippen LogP contribution >= 0.6 is 0 Å². The number of allylic oxidation sites excluding steroid dienone is 30. The monoisotopic (exact) mass is 1030 g/mol. The third-order valence-electron chi connectivity index (χ3n) is 11.4. The van der Waals surface area contributed by atoms with Crippen LogP contribution in [0.5, 0.6) is 0 Å². The second-order valence-electron chi connectivity index (χ2n) is 18.4. The van der Waals surface area contributed by atoms with Crippen LogP contribution in [0.25, 0.3) is 0 Å². The van der Waals surface area contributed by atoms with Gasteiger partial charge in [-0.05, 0) is 154 Å². The highest BCUT2D eigenvalue weighted by atomic mass is 16.6. The summed E-state index contributed by atoms with van der Waals surface area (Å²) in [5, 5.41) is 0. The summed E-state index contributed by atoms with van der Waals surface area (Å²) in [5.41, 5.74) is 0. The van der Waals surface area contributed by atoms with Crippen molar-refractivity contribution in [1.82, 2.24) is 0 Å². The van der Waals surface area contributed by atoms with Crippen molar-refractivity contribution in [2.24, 2.45) is 0 Å². The van der Waals surface area contributed by atoms with E-state index in [9.17, 15) is 14.4 Å². The highest BCUT2D eigenvalue weighted by molar-refractivity contribution is 5.71. The van der Waals surface area contributed by atoms with Crippen LogP contribution in [0, 0.1) is 0 Å². The lowest BCUT2D eigenvalue weighted by Crippen LogP contribution is -2.30. The van der Waals surface area contributed by atoms with Crippen LogP contribution in [0.15, 0.2) is 182 Å². The Bertz CT molecular complexity index is 1800. The van der Waals surface area contributed by atoms with Gasteiger partial charge in [-0.25, -0.2) is 0 Å². The van der Waals surface area contributed by atoms with E-state index in [1.54, 1.807) is 0 Å². The van der Waals surface area contributed by atoms with Crippen molar-refractivity contribution < 1.29 is 28.6 Å². The van der Waals surface area contributed by atoms with Gasteiger partial charge in [0.2, 0.25) is 0 Å². The molecule has 0 saturated carbocycles. The van der Waals surface area contributed by atoms with Gasteiger partial charge in [0, 0.05) is 19.3 Å². The van der Waals surface area contributed by atoms with E-state index in [0.29, 0.717) is 19.3 Å². The maximum atomic E-state index is 12.9. The first kappa shape index (κ1) is 69.5. The molecule has 0 aliphatic heterocycles. The maximum absolute atomic E-state index is 12.9. The Labute approximate surface area is 459 Å². The van der Waals surface area contributed by atoms with Gasteiger partial charge in [-0.2, -0.15) is 0 Å². The van der Waals surface area contributed by atoms with Crippen LogP contribution in [0.2, 0.25) is 0 Å². The van der Waals surface area contributed by atoms with E-state index in [0.717, 1.165) is 161 Å². The number of esters is 3. The van der Waals surface area contributed by atoms with Gasteiger partial charge in [-0.15, -0.1) is 0 Å². The molecule has 1 atom stereocenters. The molecule has 0 bridgehead atoms. The quantitative estimate of drug-likeness (QED) is 0.0261. The predicted molar refractivity (Wildman–Crippen MR) is 324 cm³/mol. The summed E-state index contributed by atoms with van der Waals surface area (Å²) in [6.45, 7) is 6.19. The Hall–Kier alpha value is -5.49. The Morgan fingerprint density at radius 3 is 0.773 bits per heavy atom. The summed E-state index contributed by atoms with van der Waals surface area (Å²) in [6.07, 6.45) is 91.7. The van der Waals surface area contributed by atoms with E-state index in [1.165, 1.54) is 0 Å². The zero-order valence-corrected chi connectivity index (χ0v) is 47.5. The first-order chi connectivity index (χ1) is 37.0. The lowest BCUT2D eigenvalue weighted by molar-refractivity contribution is -0.167. The normalized spacial score (nSPS) is 13.5. The topological polar surface area (TPSA) is 78.9 Å². The fraction of sp³-hybridized carbons (Fsp3) is 0.522. The average molecular weight is 1030 g/mol. The van der Waals surface area contributed by atoms with Crippen molar-refractivity contribution in [2.75, 3.05) is 13.2 Å². The number of hydrogen-bond donors (Lipinski definition) is 0. The molecule has 0 N–H and O–H groups in total. The minimum absolute atomic E-state index is 0.129. The maximum Gasteiger partial charge on any atom is 0.306 e. The SMILES string of the molecule is CC/C=C\C/C=C\C/C=C\C/C=C\C/C=C\C/C=C\CCCCC(=O)OCC(COC(=O)CCCCCC/C=C\C/C=C\C/C=C\C/C=C\CC)OC(=O)CCCCC/C=C\C/C=C\C/C=C\C/C=C\C/C=C\CC. The number of unbranched alkanes of at least 4 members (excludes halogenated alkanes) is 9. The van der Waals surface area contributed by atoms with E-state index < -0.39 is 6.10 Å². The molecule has 0 aromatic carbocycles.